The van der Waals surface area contributed by atoms with Crippen molar-refractivity contribution in [3.63, 3.8) is 0 Å². The van der Waals surface area contributed by atoms with Crippen molar-refractivity contribution in [2.75, 3.05) is 12.3 Å². The van der Waals surface area contributed by atoms with Gasteiger partial charge in [-0.15, -0.1) is 0 Å². The number of rotatable bonds is 4. The van der Waals surface area contributed by atoms with E-state index in [1.807, 2.05) is 0 Å². The molecule has 1 atom stereocenters. The van der Waals surface area contributed by atoms with E-state index in [-0.39, 0.29) is 24.1 Å². The Labute approximate surface area is 87.4 Å². The van der Waals surface area contributed by atoms with Crippen molar-refractivity contribution in [3.05, 3.63) is 0 Å². The van der Waals surface area contributed by atoms with E-state index in [4.69, 9.17) is 5.14 Å². The van der Waals surface area contributed by atoms with E-state index in [2.05, 4.69) is 10.6 Å². The van der Waals surface area contributed by atoms with Gasteiger partial charge >= 0.3 is 0 Å². The molecule has 86 valence electrons. The van der Waals surface area contributed by atoms with Gasteiger partial charge in [0.1, 0.15) is 6.04 Å². The molecule has 2 amide bonds. The van der Waals surface area contributed by atoms with Gasteiger partial charge in [0.05, 0.1) is 5.75 Å². The van der Waals surface area contributed by atoms with E-state index < -0.39 is 16.1 Å². The first-order chi connectivity index (χ1) is 6.88. The SMILES string of the molecule is NS(=O)(=O)CCNC(=O)[C@H]1CCC(=O)N1. The molecule has 0 spiro atoms. The van der Waals surface area contributed by atoms with Gasteiger partial charge in [0.25, 0.3) is 0 Å². The Hall–Kier alpha value is -1.15. The number of hydrogen-bond acceptors (Lipinski definition) is 4. The summed E-state index contributed by atoms with van der Waals surface area (Å²) in [4.78, 5) is 22.1. The lowest BCUT2D eigenvalue weighted by Gasteiger charge is -2.09. The van der Waals surface area contributed by atoms with E-state index in [1.54, 1.807) is 0 Å². The van der Waals surface area contributed by atoms with Gasteiger partial charge < -0.3 is 10.6 Å². The van der Waals surface area contributed by atoms with Crippen molar-refractivity contribution in [1.29, 1.82) is 0 Å². The minimum Gasteiger partial charge on any atom is -0.353 e. The van der Waals surface area contributed by atoms with Crippen LogP contribution in [-0.2, 0) is 19.6 Å². The van der Waals surface area contributed by atoms with Crippen molar-refractivity contribution >= 4 is 21.8 Å². The Morgan fingerprint density at radius 1 is 1.60 bits per heavy atom. The highest BCUT2D eigenvalue weighted by atomic mass is 32.2. The summed E-state index contributed by atoms with van der Waals surface area (Å²) in [7, 11) is -3.56. The van der Waals surface area contributed by atoms with Gasteiger partial charge in [0.2, 0.25) is 21.8 Å². The predicted molar refractivity (Wildman–Crippen MR) is 52.1 cm³/mol. The molecule has 0 aliphatic carbocycles. The molecule has 0 bridgehead atoms. The van der Waals surface area contributed by atoms with Gasteiger partial charge in [0, 0.05) is 13.0 Å². The Balaban J connectivity index is 2.28. The molecule has 7 nitrogen and oxygen atoms in total. The molecule has 1 heterocycles. The summed E-state index contributed by atoms with van der Waals surface area (Å²) >= 11 is 0. The van der Waals surface area contributed by atoms with E-state index in [1.165, 1.54) is 0 Å². The van der Waals surface area contributed by atoms with E-state index in [9.17, 15) is 18.0 Å². The van der Waals surface area contributed by atoms with Gasteiger partial charge in [-0.25, -0.2) is 13.6 Å². The quantitative estimate of drug-likeness (QED) is 0.506. The van der Waals surface area contributed by atoms with Crippen molar-refractivity contribution in [3.8, 4) is 0 Å². The number of nitrogens with two attached hydrogens (primary N) is 1. The molecular weight excluding hydrogens is 222 g/mol. The highest BCUT2D eigenvalue weighted by Gasteiger charge is 2.26. The number of nitrogens with one attached hydrogen (secondary N) is 2. The fourth-order valence-electron chi connectivity index (χ4n) is 1.25. The summed E-state index contributed by atoms with van der Waals surface area (Å²) in [6, 6.07) is -0.544. The first-order valence-corrected chi connectivity index (χ1v) is 6.17. The van der Waals surface area contributed by atoms with Gasteiger partial charge in [-0.2, -0.15) is 0 Å². The largest absolute Gasteiger partial charge is 0.353 e. The smallest absolute Gasteiger partial charge is 0.242 e. The molecule has 15 heavy (non-hydrogen) atoms. The first-order valence-electron chi connectivity index (χ1n) is 4.46. The summed E-state index contributed by atoms with van der Waals surface area (Å²) in [6.45, 7) is -0.0377. The molecule has 4 N–H and O–H groups in total. The second kappa shape index (κ2) is 4.58. The lowest BCUT2D eigenvalue weighted by atomic mass is 10.2. The molecule has 0 aromatic heterocycles. The van der Waals surface area contributed by atoms with Crippen molar-refractivity contribution < 1.29 is 18.0 Å². The highest BCUT2D eigenvalue weighted by Crippen LogP contribution is 2.05. The molecule has 1 fully saturated rings. The molecule has 0 unspecified atom stereocenters. The molecule has 1 aliphatic heterocycles. The van der Waals surface area contributed by atoms with Gasteiger partial charge in [-0.3, -0.25) is 9.59 Å². The second-order valence-corrected chi connectivity index (χ2v) is 5.05. The van der Waals surface area contributed by atoms with Crippen molar-refractivity contribution in [2.45, 2.75) is 18.9 Å². The minimum absolute atomic E-state index is 0.0377. The lowest BCUT2D eigenvalue weighted by molar-refractivity contribution is -0.125. The zero-order valence-corrected chi connectivity index (χ0v) is 8.84. The van der Waals surface area contributed by atoms with Crippen LogP contribution < -0.4 is 15.8 Å². The monoisotopic (exact) mass is 235 g/mol. The van der Waals surface area contributed by atoms with E-state index in [0.717, 1.165) is 0 Å². The minimum atomic E-state index is -3.56. The number of carbonyl (C=O) groups is 2. The predicted octanol–water partition coefficient (Wildman–Crippen LogP) is -2.33. The molecule has 0 aromatic carbocycles. The topological polar surface area (TPSA) is 118 Å². The molecule has 1 rings (SSSR count). The third-order valence-electron chi connectivity index (χ3n) is 2.00. The Morgan fingerprint density at radius 2 is 2.27 bits per heavy atom. The lowest BCUT2D eigenvalue weighted by Crippen LogP contribution is -2.43. The summed E-state index contributed by atoms with van der Waals surface area (Å²) < 4.78 is 21.1. The third kappa shape index (κ3) is 4.26. The van der Waals surface area contributed by atoms with Crippen molar-refractivity contribution in [2.24, 2.45) is 5.14 Å². The Morgan fingerprint density at radius 3 is 2.73 bits per heavy atom. The van der Waals surface area contributed by atoms with Crippen LogP contribution in [0, 0.1) is 0 Å². The Kier molecular flexibility index (Phi) is 3.64. The van der Waals surface area contributed by atoms with Gasteiger partial charge in [-0.05, 0) is 6.42 Å². The first kappa shape index (κ1) is 11.9. The van der Waals surface area contributed by atoms with Gasteiger partial charge in [0.15, 0.2) is 0 Å². The summed E-state index contributed by atoms with van der Waals surface area (Å²) in [5.74, 6) is -0.842. The van der Waals surface area contributed by atoms with Crippen LogP contribution in [0.5, 0.6) is 0 Å². The summed E-state index contributed by atoms with van der Waals surface area (Å²) in [5, 5.41) is 9.61. The fraction of sp³-hybridized carbons (Fsp3) is 0.714. The number of amides is 2. The van der Waals surface area contributed by atoms with Crippen LogP contribution in [0.2, 0.25) is 0 Å². The average molecular weight is 235 g/mol. The molecule has 1 saturated heterocycles. The number of hydrogen-bond donors (Lipinski definition) is 3. The third-order valence-corrected chi connectivity index (χ3v) is 2.77. The van der Waals surface area contributed by atoms with Crippen LogP contribution in [0.1, 0.15) is 12.8 Å². The average Bonchev–Trinajstić information content (AvgIpc) is 2.49. The van der Waals surface area contributed by atoms with Crippen LogP contribution in [0.3, 0.4) is 0 Å². The van der Waals surface area contributed by atoms with E-state index >= 15 is 0 Å². The van der Waals surface area contributed by atoms with Crippen molar-refractivity contribution in [1.82, 2.24) is 10.6 Å². The van der Waals surface area contributed by atoms with Crippen LogP contribution in [0.4, 0.5) is 0 Å². The van der Waals surface area contributed by atoms with Crippen LogP contribution in [-0.4, -0.2) is 38.6 Å². The highest BCUT2D eigenvalue weighted by molar-refractivity contribution is 7.89. The Bertz CT molecular complexity index is 364. The molecule has 0 radical (unpaired) electrons. The van der Waals surface area contributed by atoms with Crippen LogP contribution in [0.25, 0.3) is 0 Å². The fourth-order valence-corrected chi connectivity index (χ4v) is 1.64. The maximum absolute atomic E-state index is 11.3. The zero-order valence-electron chi connectivity index (χ0n) is 8.02. The number of carbonyl (C=O) groups excluding carboxylic acids is 2. The standard InChI is InChI=1S/C7H13N3O4S/c8-15(13,14)4-3-9-7(12)5-1-2-6(11)10-5/h5H,1-4H2,(H,9,12)(H,10,11)(H2,8,13,14)/t5-/m1/s1. The second-order valence-electron chi connectivity index (χ2n) is 3.32. The summed E-state index contributed by atoms with van der Waals surface area (Å²) in [5.41, 5.74) is 0. The molecule has 0 saturated carbocycles. The molecule has 0 aromatic rings. The number of primary sulfonamides is 1. The zero-order chi connectivity index (χ0) is 11.5. The van der Waals surface area contributed by atoms with Gasteiger partial charge in [-0.1, -0.05) is 0 Å². The van der Waals surface area contributed by atoms with E-state index in [0.29, 0.717) is 12.8 Å². The molecule has 8 heteroatoms. The number of sulfonamides is 1. The maximum atomic E-state index is 11.3. The van der Waals surface area contributed by atoms with Crippen LogP contribution >= 0.6 is 0 Å². The van der Waals surface area contributed by atoms with Crippen LogP contribution in [0.15, 0.2) is 0 Å². The summed E-state index contributed by atoms with van der Waals surface area (Å²) in [6.07, 6.45) is 0.771. The normalized spacial score (nSPS) is 21.1. The maximum Gasteiger partial charge on any atom is 0.242 e. The molecular formula is C7H13N3O4S. The molecule has 1 aliphatic rings.